The third kappa shape index (κ3) is 3.17. The van der Waals surface area contributed by atoms with E-state index in [2.05, 4.69) is 20.8 Å². The molecular weight excluding hydrogens is 380 g/mol. The lowest BCUT2D eigenvalue weighted by Crippen LogP contribution is -2.65. The molecule has 4 saturated carbocycles. The van der Waals surface area contributed by atoms with Crippen molar-refractivity contribution in [2.75, 3.05) is 7.11 Å². The Morgan fingerprint density at radius 1 is 1.10 bits per heavy atom. The van der Waals surface area contributed by atoms with Crippen LogP contribution in [0.2, 0.25) is 0 Å². The summed E-state index contributed by atoms with van der Waals surface area (Å²) in [5.74, 6) is 1.99. The Balaban J connectivity index is 1.56. The highest BCUT2D eigenvalue weighted by Gasteiger charge is 2.66. The highest BCUT2D eigenvalue weighted by molar-refractivity contribution is 5.69. The summed E-state index contributed by atoms with van der Waals surface area (Å²) in [6, 6.07) is 0. The van der Waals surface area contributed by atoms with Gasteiger partial charge in [0.15, 0.2) is 0 Å². The third-order valence-corrected chi connectivity index (χ3v) is 10.7. The van der Waals surface area contributed by atoms with E-state index in [1.807, 2.05) is 0 Å². The van der Waals surface area contributed by atoms with Crippen molar-refractivity contribution in [2.45, 2.75) is 103 Å². The number of carbonyl (C=O) groups is 1. The average Bonchev–Trinajstić information content (AvgIpc) is 3.06. The van der Waals surface area contributed by atoms with Crippen LogP contribution in [0, 0.1) is 40.4 Å². The number of aliphatic hydroxyl groups is 3. The van der Waals surface area contributed by atoms with E-state index in [0.29, 0.717) is 42.4 Å². The van der Waals surface area contributed by atoms with Crippen LogP contribution in [0.4, 0.5) is 0 Å². The predicted octanol–water partition coefficient (Wildman–Crippen LogP) is 3.68. The quantitative estimate of drug-likeness (QED) is 0.602. The number of hydrogen-bond acceptors (Lipinski definition) is 5. The Bertz CT molecular complexity index is 666. The Kier molecular flexibility index (Phi) is 5.81. The summed E-state index contributed by atoms with van der Waals surface area (Å²) in [6.45, 7) is 6.78. The van der Waals surface area contributed by atoms with Gasteiger partial charge in [-0.15, -0.1) is 0 Å². The van der Waals surface area contributed by atoms with Crippen LogP contribution in [0.25, 0.3) is 0 Å². The van der Waals surface area contributed by atoms with Crippen LogP contribution in [0.3, 0.4) is 0 Å². The number of hydrogen-bond donors (Lipinski definition) is 3. The third-order valence-electron chi connectivity index (χ3n) is 10.7. The molecule has 5 nitrogen and oxygen atoms in total. The first-order chi connectivity index (χ1) is 14.1. The zero-order valence-electron chi connectivity index (χ0n) is 19.3. The monoisotopic (exact) mass is 422 g/mol. The summed E-state index contributed by atoms with van der Waals surface area (Å²) in [6.07, 6.45) is 7.36. The smallest absolute Gasteiger partial charge is 0.305 e. The molecule has 0 aliphatic heterocycles. The van der Waals surface area contributed by atoms with E-state index in [4.69, 9.17) is 4.74 Å². The lowest BCUT2D eigenvalue weighted by Gasteiger charge is -2.65. The van der Waals surface area contributed by atoms with Crippen molar-refractivity contribution in [3.8, 4) is 0 Å². The van der Waals surface area contributed by atoms with Crippen LogP contribution in [-0.4, -0.2) is 46.2 Å². The summed E-state index contributed by atoms with van der Waals surface area (Å²) < 4.78 is 4.84. The summed E-state index contributed by atoms with van der Waals surface area (Å²) in [4.78, 5) is 11.7. The molecule has 0 aromatic rings. The average molecular weight is 423 g/mol. The second kappa shape index (κ2) is 7.74. The maximum Gasteiger partial charge on any atom is 0.305 e. The number of ether oxygens (including phenoxy) is 1. The molecule has 4 fully saturated rings. The second-order valence-corrected chi connectivity index (χ2v) is 11.7. The Labute approximate surface area is 181 Å². The van der Waals surface area contributed by atoms with Crippen molar-refractivity contribution in [1.29, 1.82) is 0 Å². The maximum atomic E-state index is 11.7. The minimum Gasteiger partial charge on any atom is -0.469 e. The second-order valence-electron chi connectivity index (χ2n) is 11.7. The molecule has 0 saturated heterocycles. The van der Waals surface area contributed by atoms with Gasteiger partial charge in [-0.05, 0) is 91.8 Å². The topological polar surface area (TPSA) is 87.0 Å². The van der Waals surface area contributed by atoms with E-state index >= 15 is 0 Å². The van der Waals surface area contributed by atoms with Gasteiger partial charge >= 0.3 is 5.97 Å². The molecule has 4 aliphatic rings. The summed E-state index contributed by atoms with van der Waals surface area (Å²) in [7, 11) is 1.44. The minimum absolute atomic E-state index is 0.114. The van der Waals surface area contributed by atoms with Gasteiger partial charge in [0.05, 0.1) is 24.9 Å². The molecule has 0 spiro atoms. The molecule has 0 aromatic carbocycles. The van der Waals surface area contributed by atoms with Gasteiger partial charge in [-0.2, -0.15) is 0 Å². The molecule has 10 atom stereocenters. The van der Waals surface area contributed by atoms with Crippen molar-refractivity contribution in [1.82, 2.24) is 0 Å². The molecule has 172 valence electrons. The van der Waals surface area contributed by atoms with Gasteiger partial charge in [-0.1, -0.05) is 20.8 Å². The van der Waals surface area contributed by atoms with Crippen LogP contribution >= 0.6 is 0 Å². The van der Waals surface area contributed by atoms with Gasteiger partial charge < -0.3 is 20.1 Å². The standard InChI is InChI=1S/C25H42O5/c1-15(5-8-22(28)30-4)18-6-7-19-17-10-12-25(29)14-16(26)9-11-23(25,2)20(17)13-21(27)24(18,19)3/h15-21,26-27,29H,5-14H2,1-4H3/t15-,16-,17+,18-,19+,20+,21+,23-,24-,25+/m1/s1. The Morgan fingerprint density at radius 2 is 1.83 bits per heavy atom. The lowest BCUT2D eigenvalue weighted by atomic mass is 9.42. The molecule has 0 unspecified atom stereocenters. The molecule has 30 heavy (non-hydrogen) atoms. The number of methoxy groups -OCH3 is 1. The van der Waals surface area contributed by atoms with Gasteiger partial charge in [0.25, 0.3) is 0 Å². The first-order valence-electron chi connectivity index (χ1n) is 12.2. The molecule has 0 aromatic heterocycles. The summed E-state index contributed by atoms with van der Waals surface area (Å²) in [5.41, 5.74) is -1.13. The highest BCUT2D eigenvalue weighted by atomic mass is 16.5. The molecule has 4 rings (SSSR count). The molecule has 0 amide bonds. The molecule has 0 heterocycles. The van der Waals surface area contributed by atoms with Gasteiger partial charge in [-0.3, -0.25) is 4.79 Å². The summed E-state index contributed by atoms with van der Waals surface area (Å²) in [5, 5.41) is 33.3. The number of rotatable bonds is 4. The van der Waals surface area contributed by atoms with Crippen molar-refractivity contribution in [3.05, 3.63) is 0 Å². The molecule has 3 N–H and O–H groups in total. The van der Waals surface area contributed by atoms with Crippen molar-refractivity contribution < 1.29 is 24.9 Å². The minimum atomic E-state index is -0.800. The van der Waals surface area contributed by atoms with E-state index in [1.54, 1.807) is 0 Å². The van der Waals surface area contributed by atoms with Crippen LogP contribution in [-0.2, 0) is 9.53 Å². The number of esters is 1. The zero-order chi connectivity index (χ0) is 21.9. The van der Waals surface area contributed by atoms with Crippen LogP contribution in [0.15, 0.2) is 0 Å². The van der Waals surface area contributed by atoms with Gasteiger partial charge in [0, 0.05) is 12.8 Å². The normalized spacial score (nSPS) is 51.4. The predicted molar refractivity (Wildman–Crippen MR) is 114 cm³/mol. The number of fused-ring (bicyclic) bond motifs is 5. The fourth-order valence-electron chi connectivity index (χ4n) is 8.80. The number of aliphatic hydroxyl groups excluding tert-OH is 2. The fourth-order valence-corrected chi connectivity index (χ4v) is 8.80. The molecular formula is C25H42O5. The van der Waals surface area contributed by atoms with Gasteiger partial charge in [0.2, 0.25) is 0 Å². The molecule has 5 heteroatoms. The van der Waals surface area contributed by atoms with Gasteiger partial charge in [0.1, 0.15) is 0 Å². The maximum absolute atomic E-state index is 11.7. The largest absolute Gasteiger partial charge is 0.469 e. The Hall–Kier alpha value is -0.650. The van der Waals surface area contributed by atoms with Crippen molar-refractivity contribution >= 4 is 5.97 Å². The van der Waals surface area contributed by atoms with Crippen LogP contribution in [0.1, 0.15) is 85.0 Å². The van der Waals surface area contributed by atoms with E-state index in [-0.39, 0.29) is 22.9 Å². The first kappa shape index (κ1) is 22.5. The van der Waals surface area contributed by atoms with Crippen molar-refractivity contribution in [2.24, 2.45) is 40.4 Å². The number of carbonyl (C=O) groups excluding carboxylic acids is 1. The zero-order valence-corrected chi connectivity index (χ0v) is 19.3. The van der Waals surface area contributed by atoms with E-state index < -0.39 is 11.7 Å². The fraction of sp³-hybridized carbons (Fsp3) is 0.960. The highest BCUT2D eigenvalue weighted by Crippen LogP contribution is 2.69. The lowest BCUT2D eigenvalue weighted by molar-refractivity contribution is -0.237. The van der Waals surface area contributed by atoms with E-state index in [9.17, 15) is 20.1 Å². The first-order valence-corrected chi connectivity index (χ1v) is 12.2. The SMILES string of the molecule is COC(=O)CC[C@@H](C)[C@H]1CC[C@H]2[C@@H]3CC[C@]4(O)C[C@H](O)CC[C@]4(C)[C@H]3C[C@H](O)[C@]12C. The van der Waals surface area contributed by atoms with Crippen LogP contribution in [0.5, 0.6) is 0 Å². The summed E-state index contributed by atoms with van der Waals surface area (Å²) >= 11 is 0. The Morgan fingerprint density at radius 3 is 2.53 bits per heavy atom. The van der Waals surface area contributed by atoms with E-state index in [0.717, 1.165) is 51.4 Å². The molecule has 0 bridgehead atoms. The molecule has 0 radical (unpaired) electrons. The van der Waals surface area contributed by atoms with E-state index in [1.165, 1.54) is 7.11 Å². The van der Waals surface area contributed by atoms with Crippen LogP contribution < -0.4 is 0 Å². The van der Waals surface area contributed by atoms with Gasteiger partial charge in [-0.25, -0.2) is 0 Å². The van der Waals surface area contributed by atoms with Crippen molar-refractivity contribution in [3.63, 3.8) is 0 Å². The molecule has 4 aliphatic carbocycles.